The largest absolute Gasteiger partial charge is 0.493 e. The highest BCUT2D eigenvalue weighted by molar-refractivity contribution is 14.1. The molecule has 0 radical (unpaired) electrons. The molecular weight excluding hydrogens is 476 g/mol. The van der Waals surface area contributed by atoms with Crippen LogP contribution in [0.5, 0.6) is 11.5 Å². The molecule has 0 aromatic heterocycles. The maximum atomic E-state index is 13.9. The molecule has 0 fully saturated rings. The first-order valence-corrected chi connectivity index (χ1v) is 9.54. The van der Waals surface area contributed by atoms with Crippen molar-refractivity contribution in [3.63, 3.8) is 0 Å². The number of benzene rings is 2. The van der Waals surface area contributed by atoms with Gasteiger partial charge in [-0.05, 0) is 71.8 Å². The highest BCUT2D eigenvalue weighted by Crippen LogP contribution is 2.34. The highest BCUT2D eigenvalue weighted by Gasteiger charge is 2.14. The lowest BCUT2D eigenvalue weighted by molar-refractivity contribution is 0.0951. The van der Waals surface area contributed by atoms with E-state index in [1.54, 1.807) is 13.2 Å². The number of methoxy groups -OCH3 is 1. The molecule has 0 aliphatic rings. The Bertz CT molecular complexity index is 941. The molecule has 1 amide bonds. The summed E-state index contributed by atoms with van der Waals surface area (Å²) >= 11 is 2.14. The van der Waals surface area contributed by atoms with E-state index in [2.05, 4.69) is 33.1 Å². The maximum absolute atomic E-state index is 13.9. The smallest absolute Gasteiger partial charge is 0.274 e. The minimum atomic E-state index is -0.783. The number of halogens is 2. The van der Waals surface area contributed by atoms with Crippen LogP contribution in [0.15, 0.2) is 35.4 Å². The molecule has 28 heavy (non-hydrogen) atoms. The number of nitrogens with one attached hydrogen (secondary N) is 1. The lowest BCUT2D eigenvalue weighted by Gasteiger charge is -2.17. The van der Waals surface area contributed by atoms with Crippen LogP contribution in [0, 0.1) is 20.7 Å². The Morgan fingerprint density at radius 1 is 1.43 bits per heavy atom. The third-order valence-corrected chi connectivity index (χ3v) is 4.67. The maximum Gasteiger partial charge on any atom is 0.274 e. The summed E-state index contributed by atoms with van der Waals surface area (Å²) in [6.45, 7) is 4.01. The van der Waals surface area contributed by atoms with E-state index in [1.165, 1.54) is 18.3 Å². The van der Waals surface area contributed by atoms with Crippen molar-refractivity contribution < 1.29 is 18.7 Å². The molecule has 0 spiro atoms. The number of nitrogens with zero attached hydrogens (tertiary/aromatic N) is 2. The number of hydrogen-bond acceptors (Lipinski definition) is 5. The number of rotatable bonds is 7. The Kier molecular flexibility index (Phi) is 7.75. The molecule has 0 unspecified atom stereocenters. The Morgan fingerprint density at radius 2 is 2.18 bits per heavy atom. The van der Waals surface area contributed by atoms with E-state index in [-0.39, 0.29) is 17.2 Å². The van der Waals surface area contributed by atoms with Crippen molar-refractivity contribution >= 4 is 34.7 Å². The monoisotopic (exact) mass is 495 g/mol. The molecule has 2 rings (SSSR count). The molecule has 0 bridgehead atoms. The average Bonchev–Trinajstić information content (AvgIpc) is 2.69. The summed E-state index contributed by atoms with van der Waals surface area (Å²) in [5, 5.41) is 12.6. The van der Waals surface area contributed by atoms with Crippen LogP contribution < -0.4 is 14.9 Å². The minimum Gasteiger partial charge on any atom is -0.493 e. The molecule has 2 aromatic rings. The molecule has 146 valence electrons. The predicted molar refractivity (Wildman–Crippen MR) is 112 cm³/mol. The van der Waals surface area contributed by atoms with E-state index >= 15 is 0 Å². The Balaban J connectivity index is 2.15. The normalized spacial score (nSPS) is 11.7. The molecule has 6 nitrogen and oxygen atoms in total. The topological polar surface area (TPSA) is 83.7 Å². The number of amides is 1. The zero-order chi connectivity index (χ0) is 20.7. The van der Waals surface area contributed by atoms with Crippen molar-refractivity contribution in [1.82, 2.24) is 5.43 Å². The lowest BCUT2D eigenvalue weighted by Crippen LogP contribution is -2.19. The summed E-state index contributed by atoms with van der Waals surface area (Å²) in [6, 6.07) is 8.99. The van der Waals surface area contributed by atoms with Gasteiger partial charge in [-0.15, -0.1) is 0 Å². The summed E-state index contributed by atoms with van der Waals surface area (Å²) in [7, 11) is 1.55. The van der Waals surface area contributed by atoms with Gasteiger partial charge in [0.25, 0.3) is 5.91 Å². The number of carbonyl (C=O) groups excluding carboxylic acids is 1. The third-order valence-electron chi connectivity index (χ3n) is 3.87. The molecular formula is C20H19FIN3O3. The molecule has 2 aromatic carbocycles. The quantitative estimate of drug-likeness (QED) is 0.354. The zero-order valence-electron chi connectivity index (χ0n) is 15.6. The average molecular weight is 495 g/mol. The summed E-state index contributed by atoms with van der Waals surface area (Å²) in [5.41, 5.74) is 2.89. The van der Waals surface area contributed by atoms with E-state index in [0.717, 1.165) is 16.1 Å². The Labute approximate surface area is 176 Å². The Hall–Kier alpha value is -2.67. The molecule has 0 saturated heterocycles. The molecule has 0 heterocycles. The fraction of sp³-hybridized carbons (Fsp3) is 0.250. The molecule has 8 heteroatoms. The summed E-state index contributed by atoms with van der Waals surface area (Å²) in [5.74, 6) is -0.289. The van der Waals surface area contributed by atoms with Gasteiger partial charge in [0.05, 0.1) is 40.2 Å². The van der Waals surface area contributed by atoms with Gasteiger partial charge in [-0.3, -0.25) is 4.79 Å². The van der Waals surface area contributed by atoms with Crippen LogP contribution in [0.25, 0.3) is 0 Å². The second-order valence-corrected chi connectivity index (χ2v) is 7.04. The second-order valence-electron chi connectivity index (χ2n) is 5.88. The summed E-state index contributed by atoms with van der Waals surface area (Å²) in [6.07, 6.45) is 2.33. The van der Waals surface area contributed by atoms with Crippen LogP contribution in [0.4, 0.5) is 4.39 Å². The van der Waals surface area contributed by atoms with Crippen molar-refractivity contribution in [1.29, 1.82) is 5.26 Å². The second kappa shape index (κ2) is 10.0. The van der Waals surface area contributed by atoms with Crippen molar-refractivity contribution in [2.75, 3.05) is 7.11 Å². The van der Waals surface area contributed by atoms with Crippen molar-refractivity contribution in [3.8, 4) is 17.6 Å². The van der Waals surface area contributed by atoms with Gasteiger partial charge < -0.3 is 9.47 Å². The first-order chi connectivity index (χ1) is 13.4. The first kappa shape index (κ1) is 21.6. The number of ether oxygens (including phenoxy) is 2. The number of carbonyl (C=O) groups is 1. The van der Waals surface area contributed by atoms with E-state index in [0.29, 0.717) is 17.1 Å². The van der Waals surface area contributed by atoms with E-state index in [1.807, 2.05) is 26.0 Å². The first-order valence-electron chi connectivity index (χ1n) is 8.46. The minimum absolute atomic E-state index is 0.0449. The van der Waals surface area contributed by atoms with Crippen LogP contribution in [0.3, 0.4) is 0 Å². The fourth-order valence-electron chi connectivity index (χ4n) is 2.21. The van der Waals surface area contributed by atoms with Gasteiger partial charge in [-0.2, -0.15) is 10.4 Å². The number of hydrogen-bond donors (Lipinski definition) is 1. The van der Waals surface area contributed by atoms with Crippen LogP contribution in [-0.2, 0) is 0 Å². The predicted octanol–water partition coefficient (Wildman–Crippen LogP) is 4.25. The van der Waals surface area contributed by atoms with Gasteiger partial charge >= 0.3 is 0 Å². The standard InChI is InChI=1S/C20H19FIN3O3/c1-4-12(2)28-19-17(22)8-14(9-18(19)27-3)11-24-25-20(26)15-6-5-13(10-23)7-16(15)21/h5-9,11-12H,4H2,1-3H3,(H,25,26)/b24-11-/t12-/m0/s1. The van der Waals surface area contributed by atoms with E-state index < -0.39 is 11.7 Å². The molecule has 0 aliphatic carbocycles. The van der Waals surface area contributed by atoms with Crippen LogP contribution >= 0.6 is 22.6 Å². The van der Waals surface area contributed by atoms with Crippen molar-refractivity contribution in [2.45, 2.75) is 26.4 Å². The molecule has 0 saturated carbocycles. The van der Waals surface area contributed by atoms with Gasteiger partial charge in [0.1, 0.15) is 5.82 Å². The molecule has 0 aliphatic heterocycles. The van der Waals surface area contributed by atoms with Crippen molar-refractivity contribution in [2.24, 2.45) is 5.10 Å². The van der Waals surface area contributed by atoms with Gasteiger partial charge in [-0.25, -0.2) is 9.82 Å². The fourth-order valence-corrected chi connectivity index (χ4v) is 2.96. The van der Waals surface area contributed by atoms with Crippen molar-refractivity contribution in [3.05, 3.63) is 56.4 Å². The van der Waals surface area contributed by atoms with Gasteiger partial charge in [0.2, 0.25) is 0 Å². The van der Waals surface area contributed by atoms with Crippen LogP contribution in [-0.4, -0.2) is 25.3 Å². The van der Waals surface area contributed by atoms with E-state index in [9.17, 15) is 9.18 Å². The zero-order valence-corrected chi connectivity index (χ0v) is 17.8. The summed E-state index contributed by atoms with van der Waals surface area (Å²) < 4.78 is 26.0. The Morgan fingerprint density at radius 3 is 2.79 bits per heavy atom. The van der Waals surface area contributed by atoms with Gasteiger partial charge in [0.15, 0.2) is 11.5 Å². The third kappa shape index (κ3) is 5.42. The van der Waals surface area contributed by atoms with E-state index in [4.69, 9.17) is 14.7 Å². The number of hydrazone groups is 1. The van der Waals surface area contributed by atoms with Crippen LogP contribution in [0.1, 0.15) is 41.8 Å². The number of nitriles is 1. The van der Waals surface area contributed by atoms with Gasteiger partial charge in [0, 0.05) is 0 Å². The van der Waals surface area contributed by atoms with Gasteiger partial charge in [-0.1, -0.05) is 6.92 Å². The van der Waals surface area contributed by atoms with Crippen LogP contribution in [0.2, 0.25) is 0 Å². The lowest BCUT2D eigenvalue weighted by atomic mass is 10.1. The molecule has 1 N–H and O–H groups in total. The SMILES string of the molecule is CC[C@H](C)Oc1c(I)cc(/C=N\NC(=O)c2ccc(C#N)cc2F)cc1OC. The molecule has 1 atom stereocenters. The summed E-state index contributed by atoms with van der Waals surface area (Å²) in [4.78, 5) is 12.1. The highest BCUT2D eigenvalue weighted by atomic mass is 127.